The molecule has 0 aromatic heterocycles. The molecule has 2 N–H and O–H groups in total. The molecule has 0 amide bonds. The molecule has 0 saturated heterocycles. The summed E-state index contributed by atoms with van der Waals surface area (Å²) in [5, 5.41) is 12.7. The summed E-state index contributed by atoms with van der Waals surface area (Å²) in [5.74, 6) is -1.68. The number of carboxylic acid groups (broad SMARTS) is 1. The highest BCUT2D eigenvalue weighted by Crippen LogP contribution is 2.30. The summed E-state index contributed by atoms with van der Waals surface area (Å²) in [6.45, 7) is 8.44. The molecule has 2 rings (SSSR count). The summed E-state index contributed by atoms with van der Waals surface area (Å²) < 4.78 is 25.9. The molecule has 2 atom stereocenters. The van der Waals surface area contributed by atoms with Crippen LogP contribution in [0.1, 0.15) is 72.3 Å². The summed E-state index contributed by atoms with van der Waals surface area (Å²) in [7, 11) is 0. The van der Waals surface area contributed by atoms with E-state index in [1.807, 2.05) is 0 Å². The maximum atomic E-state index is 12.4. The molecule has 11 nitrogen and oxygen atoms in total. The third kappa shape index (κ3) is 11.0. The molecule has 1 aromatic carbocycles. The van der Waals surface area contributed by atoms with Crippen molar-refractivity contribution in [2.75, 3.05) is 6.54 Å². The van der Waals surface area contributed by atoms with Crippen LogP contribution in [0.15, 0.2) is 18.2 Å². The SMILES string of the molecule is CC(C)OC(=O)Oc1ccc(C[C@H](NCC(C)OC(=O)C2CCCCC2)C(=O)O)cc1OC(=O)OC(C)C. The van der Waals surface area contributed by atoms with Crippen molar-refractivity contribution >= 4 is 24.2 Å². The van der Waals surface area contributed by atoms with E-state index in [1.165, 1.54) is 12.1 Å². The van der Waals surface area contributed by atoms with Crippen LogP contribution in [-0.2, 0) is 30.2 Å². The maximum Gasteiger partial charge on any atom is 0.514 e. The highest BCUT2D eigenvalue weighted by molar-refractivity contribution is 5.74. The number of hydrogen-bond donors (Lipinski definition) is 2. The standard InChI is InChI=1S/C27H39NO10/c1-16(2)34-26(32)37-22-12-11-19(14-23(22)38-27(33)35-17(3)4)13-21(24(29)30)28-15-18(5)36-25(31)20-9-7-6-8-10-20/h11-12,14,16-18,20-21,28H,6-10,13,15H2,1-5H3,(H,29,30)/t18?,21-/m0/s1. The van der Waals surface area contributed by atoms with Crippen LogP contribution < -0.4 is 14.8 Å². The van der Waals surface area contributed by atoms with Gasteiger partial charge in [-0.2, -0.15) is 0 Å². The Hall–Kier alpha value is -3.34. The third-order valence-electron chi connectivity index (χ3n) is 5.70. The minimum Gasteiger partial charge on any atom is -0.480 e. The zero-order chi connectivity index (χ0) is 28.2. The van der Waals surface area contributed by atoms with Crippen molar-refractivity contribution in [3.05, 3.63) is 23.8 Å². The molecule has 0 heterocycles. The lowest BCUT2D eigenvalue weighted by Gasteiger charge is -2.23. The van der Waals surface area contributed by atoms with E-state index < -0.39 is 42.6 Å². The number of carbonyl (C=O) groups excluding carboxylic acids is 3. The van der Waals surface area contributed by atoms with Gasteiger partial charge in [0.1, 0.15) is 12.1 Å². The van der Waals surface area contributed by atoms with Gasteiger partial charge in [0.25, 0.3) is 0 Å². The van der Waals surface area contributed by atoms with Crippen LogP contribution in [0, 0.1) is 5.92 Å². The van der Waals surface area contributed by atoms with Crippen LogP contribution in [0.3, 0.4) is 0 Å². The molecule has 1 aliphatic carbocycles. The van der Waals surface area contributed by atoms with Crippen LogP contribution in [0.4, 0.5) is 9.59 Å². The molecule has 1 saturated carbocycles. The van der Waals surface area contributed by atoms with Gasteiger partial charge in [-0.15, -0.1) is 0 Å². The fraction of sp³-hybridized carbons (Fsp3) is 0.630. The fourth-order valence-electron chi connectivity index (χ4n) is 3.92. The number of esters is 1. The van der Waals surface area contributed by atoms with Crippen molar-refractivity contribution in [1.82, 2.24) is 5.32 Å². The number of ether oxygens (including phenoxy) is 5. The molecule has 1 fully saturated rings. The van der Waals surface area contributed by atoms with E-state index in [0.29, 0.717) is 5.56 Å². The second-order valence-corrected chi connectivity index (χ2v) is 9.90. The average Bonchev–Trinajstić information content (AvgIpc) is 2.82. The van der Waals surface area contributed by atoms with Crippen molar-refractivity contribution in [2.45, 2.75) is 97.5 Å². The van der Waals surface area contributed by atoms with Crippen molar-refractivity contribution in [2.24, 2.45) is 5.92 Å². The van der Waals surface area contributed by atoms with Gasteiger partial charge in [0, 0.05) is 6.54 Å². The van der Waals surface area contributed by atoms with Gasteiger partial charge in [-0.3, -0.25) is 9.59 Å². The van der Waals surface area contributed by atoms with Crippen molar-refractivity contribution in [3.63, 3.8) is 0 Å². The van der Waals surface area contributed by atoms with Crippen LogP contribution in [0.25, 0.3) is 0 Å². The van der Waals surface area contributed by atoms with Gasteiger partial charge in [-0.1, -0.05) is 25.3 Å². The van der Waals surface area contributed by atoms with E-state index in [-0.39, 0.29) is 36.4 Å². The number of benzene rings is 1. The molecule has 0 spiro atoms. The lowest BCUT2D eigenvalue weighted by molar-refractivity contribution is -0.154. The van der Waals surface area contributed by atoms with Crippen LogP contribution in [0.5, 0.6) is 11.5 Å². The second-order valence-electron chi connectivity index (χ2n) is 9.90. The summed E-state index contributed by atoms with van der Waals surface area (Å²) in [6, 6.07) is 3.29. The highest BCUT2D eigenvalue weighted by Gasteiger charge is 2.26. The van der Waals surface area contributed by atoms with Gasteiger partial charge in [0.05, 0.1) is 18.1 Å². The number of aliphatic carboxylic acids is 1. The maximum absolute atomic E-state index is 12.4. The molecule has 11 heteroatoms. The largest absolute Gasteiger partial charge is 0.514 e. The molecule has 0 aliphatic heterocycles. The molecular formula is C27H39NO10. The summed E-state index contributed by atoms with van der Waals surface area (Å²) in [4.78, 5) is 48.4. The Balaban J connectivity index is 2.07. The van der Waals surface area contributed by atoms with Gasteiger partial charge in [0.2, 0.25) is 0 Å². The van der Waals surface area contributed by atoms with Crippen molar-refractivity contribution in [3.8, 4) is 11.5 Å². The number of hydrogen-bond acceptors (Lipinski definition) is 10. The molecule has 1 aliphatic rings. The zero-order valence-corrected chi connectivity index (χ0v) is 22.7. The van der Waals surface area contributed by atoms with Crippen molar-refractivity contribution in [1.29, 1.82) is 0 Å². The zero-order valence-electron chi connectivity index (χ0n) is 22.7. The lowest BCUT2D eigenvalue weighted by atomic mass is 9.89. The number of nitrogens with one attached hydrogen (secondary N) is 1. The van der Waals surface area contributed by atoms with Gasteiger partial charge < -0.3 is 34.1 Å². The summed E-state index contributed by atoms with van der Waals surface area (Å²) in [5.41, 5.74) is 0.480. The lowest BCUT2D eigenvalue weighted by Crippen LogP contribution is -2.43. The Morgan fingerprint density at radius 1 is 0.868 bits per heavy atom. The smallest absolute Gasteiger partial charge is 0.480 e. The first kappa shape index (κ1) is 30.9. The Kier molecular flexibility index (Phi) is 12.3. The summed E-state index contributed by atoms with van der Waals surface area (Å²) in [6.07, 6.45) is 1.40. The first-order chi connectivity index (χ1) is 17.9. The molecule has 0 radical (unpaired) electrons. The average molecular weight is 538 g/mol. The minimum absolute atomic E-state index is 0.00489. The topological polar surface area (TPSA) is 147 Å². The number of carboxylic acids is 1. The van der Waals surface area contributed by atoms with Gasteiger partial charge in [-0.25, -0.2) is 9.59 Å². The Labute approximate surface area is 223 Å². The predicted molar refractivity (Wildman–Crippen MR) is 136 cm³/mol. The second kappa shape index (κ2) is 15.2. The van der Waals surface area contributed by atoms with E-state index in [0.717, 1.165) is 32.1 Å². The molecule has 0 bridgehead atoms. The van der Waals surface area contributed by atoms with Crippen molar-refractivity contribution < 1.29 is 48.0 Å². The number of carbonyl (C=O) groups is 4. The minimum atomic E-state index is -1.11. The van der Waals surface area contributed by atoms with Crippen LogP contribution in [0.2, 0.25) is 0 Å². The Morgan fingerprint density at radius 2 is 1.45 bits per heavy atom. The monoisotopic (exact) mass is 537 g/mol. The van der Waals surface area contributed by atoms with E-state index in [1.54, 1.807) is 40.7 Å². The van der Waals surface area contributed by atoms with Gasteiger partial charge in [-0.05, 0) is 71.6 Å². The quantitative estimate of drug-likeness (QED) is 0.218. The van der Waals surface area contributed by atoms with E-state index in [9.17, 15) is 24.3 Å². The first-order valence-corrected chi connectivity index (χ1v) is 13.0. The fourth-order valence-corrected chi connectivity index (χ4v) is 3.92. The molecular weight excluding hydrogens is 498 g/mol. The van der Waals surface area contributed by atoms with Crippen LogP contribution in [-0.4, -0.2) is 60.3 Å². The van der Waals surface area contributed by atoms with E-state index in [2.05, 4.69) is 5.32 Å². The van der Waals surface area contributed by atoms with E-state index in [4.69, 9.17) is 23.7 Å². The molecule has 212 valence electrons. The Morgan fingerprint density at radius 3 is 2.00 bits per heavy atom. The Bertz CT molecular complexity index is 955. The summed E-state index contributed by atoms with van der Waals surface area (Å²) >= 11 is 0. The van der Waals surface area contributed by atoms with Crippen LogP contribution >= 0.6 is 0 Å². The normalized spacial score (nSPS) is 15.4. The third-order valence-corrected chi connectivity index (χ3v) is 5.70. The van der Waals surface area contributed by atoms with Gasteiger partial charge in [0.15, 0.2) is 11.5 Å². The highest BCUT2D eigenvalue weighted by atomic mass is 16.7. The molecule has 1 unspecified atom stereocenters. The molecule has 1 aromatic rings. The predicted octanol–water partition coefficient (Wildman–Crippen LogP) is 4.63. The molecule has 38 heavy (non-hydrogen) atoms. The van der Waals surface area contributed by atoms with Gasteiger partial charge >= 0.3 is 24.2 Å². The van der Waals surface area contributed by atoms with E-state index >= 15 is 0 Å². The number of rotatable bonds is 12. The first-order valence-electron chi connectivity index (χ1n) is 13.0.